The van der Waals surface area contributed by atoms with Gasteiger partial charge in [0.1, 0.15) is 11.7 Å². The first-order chi connectivity index (χ1) is 10.7. The number of esters is 1. The van der Waals surface area contributed by atoms with Crippen LogP contribution in [0.25, 0.3) is 0 Å². The van der Waals surface area contributed by atoms with E-state index in [1.54, 1.807) is 0 Å². The van der Waals surface area contributed by atoms with Crippen molar-refractivity contribution in [3.63, 3.8) is 0 Å². The molecule has 0 aliphatic carbocycles. The van der Waals surface area contributed by atoms with Gasteiger partial charge in [0.05, 0.1) is 12.0 Å². The molecule has 1 saturated heterocycles. The Labute approximate surface area is 137 Å². The van der Waals surface area contributed by atoms with Crippen molar-refractivity contribution in [2.45, 2.75) is 58.3 Å². The third-order valence-electron chi connectivity index (χ3n) is 3.71. The van der Waals surface area contributed by atoms with Gasteiger partial charge in [-0.15, -0.1) is 0 Å². The Balaban J connectivity index is 2.08. The highest BCUT2D eigenvalue weighted by Crippen LogP contribution is 2.25. The van der Waals surface area contributed by atoms with Crippen molar-refractivity contribution < 1.29 is 19.1 Å². The number of hydrogen-bond donors (Lipinski definition) is 1. The number of benzene rings is 1. The Bertz CT molecular complexity index is 550. The molecule has 2 unspecified atom stereocenters. The standard InChI is InChI=1S/C18H25NO4/c1-12-10-15(22-16(12)20)14(11-13-8-6-5-7-9-13)19-17(21)23-18(2,3)4/h5-9,12,14-15H,10-11H2,1-4H3,(H,19,21)/t12?,14?,15-/m0/s1. The number of carbonyl (C=O) groups is 2. The zero-order chi connectivity index (χ0) is 17.0. The Morgan fingerprint density at radius 3 is 2.52 bits per heavy atom. The van der Waals surface area contributed by atoms with E-state index in [2.05, 4.69) is 5.32 Å². The number of carbonyl (C=O) groups excluding carboxylic acids is 2. The first-order valence-electron chi connectivity index (χ1n) is 7.98. The van der Waals surface area contributed by atoms with Crippen LogP contribution < -0.4 is 5.32 Å². The summed E-state index contributed by atoms with van der Waals surface area (Å²) in [7, 11) is 0. The maximum absolute atomic E-state index is 12.1. The molecule has 1 aromatic carbocycles. The van der Waals surface area contributed by atoms with Gasteiger partial charge in [0.15, 0.2) is 0 Å². The summed E-state index contributed by atoms with van der Waals surface area (Å²) in [6.45, 7) is 7.29. The van der Waals surface area contributed by atoms with Crippen LogP contribution in [0.1, 0.15) is 39.7 Å². The van der Waals surface area contributed by atoms with Crippen LogP contribution in [-0.2, 0) is 20.7 Å². The normalized spacial score (nSPS) is 22.3. The summed E-state index contributed by atoms with van der Waals surface area (Å²) in [5, 5.41) is 2.87. The van der Waals surface area contributed by atoms with E-state index >= 15 is 0 Å². The zero-order valence-electron chi connectivity index (χ0n) is 14.2. The van der Waals surface area contributed by atoms with Gasteiger partial charge in [-0.25, -0.2) is 4.79 Å². The smallest absolute Gasteiger partial charge is 0.408 e. The third-order valence-corrected chi connectivity index (χ3v) is 3.71. The second-order valence-corrected chi connectivity index (χ2v) is 7.05. The molecule has 1 aliphatic rings. The van der Waals surface area contributed by atoms with Crippen molar-refractivity contribution >= 4 is 12.1 Å². The predicted molar refractivity (Wildman–Crippen MR) is 87.0 cm³/mol. The molecule has 5 heteroatoms. The third kappa shape index (κ3) is 5.27. The summed E-state index contributed by atoms with van der Waals surface area (Å²) in [5.74, 6) is -0.349. The van der Waals surface area contributed by atoms with Crippen molar-refractivity contribution in [1.29, 1.82) is 0 Å². The molecule has 1 heterocycles. The maximum atomic E-state index is 12.1. The molecule has 1 aromatic rings. The minimum absolute atomic E-state index is 0.140. The molecule has 0 aromatic heterocycles. The molecule has 1 amide bonds. The number of alkyl carbamates (subject to hydrolysis) is 1. The number of cyclic esters (lactones) is 1. The lowest BCUT2D eigenvalue weighted by Gasteiger charge is -2.26. The molecule has 5 nitrogen and oxygen atoms in total. The van der Waals surface area contributed by atoms with Gasteiger partial charge in [0.2, 0.25) is 0 Å². The Morgan fingerprint density at radius 1 is 1.35 bits per heavy atom. The Kier molecular flexibility index (Phi) is 5.29. The highest BCUT2D eigenvalue weighted by atomic mass is 16.6. The number of hydrogen-bond acceptors (Lipinski definition) is 4. The topological polar surface area (TPSA) is 64.6 Å². The van der Waals surface area contributed by atoms with Crippen molar-refractivity contribution in [3.8, 4) is 0 Å². The highest BCUT2D eigenvalue weighted by Gasteiger charge is 2.37. The van der Waals surface area contributed by atoms with E-state index in [1.807, 2.05) is 58.0 Å². The summed E-state index contributed by atoms with van der Waals surface area (Å²) in [5.41, 5.74) is 0.505. The zero-order valence-corrected chi connectivity index (χ0v) is 14.2. The van der Waals surface area contributed by atoms with Crippen molar-refractivity contribution in [1.82, 2.24) is 5.32 Å². The van der Waals surface area contributed by atoms with Crippen LogP contribution in [0.2, 0.25) is 0 Å². The van der Waals surface area contributed by atoms with Crippen LogP contribution in [0, 0.1) is 5.92 Å². The molecule has 0 saturated carbocycles. The molecule has 0 bridgehead atoms. The molecule has 1 aliphatic heterocycles. The Hall–Kier alpha value is -2.04. The molecule has 3 atom stereocenters. The van der Waals surface area contributed by atoms with Crippen LogP contribution in [0.15, 0.2) is 30.3 Å². The van der Waals surface area contributed by atoms with Crippen molar-refractivity contribution in [2.75, 3.05) is 0 Å². The minimum atomic E-state index is -0.568. The molecule has 1 N–H and O–H groups in total. The fourth-order valence-corrected chi connectivity index (χ4v) is 2.61. The van der Waals surface area contributed by atoms with E-state index in [-0.39, 0.29) is 24.0 Å². The number of amides is 1. The number of ether oxygens (including phenoxy) is 2. The summed E-state index contributed by atoms with van der Waals surface area (Å²) >= 11 is 0. The summed E-state index contributed by atoms with van der Waals surface area (Å²) < 4.78 is 10.8. The quantitative estimate of drug-likeness (QED) is 0.866. The molecule has 1 fully saturated rings. The fraction of sp³-hybridized carbons (Fsp3) is 0.556. The van der Waals surface area contributed by atoms with Crippen molar-refractivity contribution in [2.24, 2.45) is 5.92 Å². The first-order valence-corrected chi connectivity index (χ1v) is 7.98. The molecule has 0 spiro atoms. The largest absolute Gasteiger partial charge is 0.460 e. The molecular formula is C18H25NO4. The summed E-state index contributed by atoms with van der Waals surface area (Å²) in [4.78, 5) is 23.8. The molecular weight excluding hydrogens is 294 g/mol. The minimum Gasteiger partial charge on any atom is -0.460 e. The average molecular weight is 319 g/mol. The van der Waals surface area contributed by atoms with E-state index in [1.165, 1.54) is 0 Å². The van der Waals surface area contributed by atoms with Gasteiger partial charge in [-0.3, -0.25) is 4.79 Å². The second-order valence-electron chi connectivity index (χ2n) is 7.05. The van der Waals surface area contributed by atoms with Gasteiger partial charge in [-0.2, -0.15) is 0 Å². The maximum Gasteiger partial charge on any atom is 0.408 e. The van der Waals surface area contributed by atoms with E-state index in [4.69, 9.17) is 9.47 Å². The average Bonchev–Trinajstić information content (AvgIpc) is 2.77. The van der Waals surface area contributed by atoms with Gasteiger partial charge < -0.3 is 14.8 Å². The SMILES string of the molecule is CC1C[C@@H](C(Cc2ccccc2)NC(=O)OC(C)(C)C)OC1=O. The van der Waals surface area contributed by atoms with Crippen LogP contribution >= 0.6 is 0 Å². The molecule has 23 heavy (non-hydrogen) atoms. The van der Waals surface area contributed by atoms with Gasteiger partial charge >= 0.3 is 12.1 Å². The van der Waals surface area contributed by atoms with Crippen LogP contribution in [-0.4, -0.2) is 29.8 Å². The van der Waals surface area contributed by atoms with E-state index in [0.29, 0.717) is 12.8 Å². The molecule has 2 rings (SSSR count). The second kappa shape index (κ2) is 7.02. The van der Waals surface area contributed by atoms with Crippen LogP contribution in [0.4, 0.5) is 4.79 Å². The van der Waals surface area contributed by atoms with E-state index in [0.717, 1.165) is 5.56 Å². The van der Waals surface area contributed by atoms with Gasteiger partial charge in [0, 0.05) is 0 Å². The lowest BCUT2D eigenvalue weighted by atomic mass is 9.97. The first kappa shape index (κ1) is 17.3. The number of nitrogens with one attached hydrogen (secondary N) is 1. The molecule has 126 valence electrons. The molecule has 0 radical (unpaired) electrons. The highest BCUT2D eigenvalue weighted by molar-refractivity contribution is 5.74. The summed E-state index contributed by atoms with van der Waals surface area (Å²) in [6.07, 6.45) is 0.371. The summed E-state index contributed by atoms with van der Waals surface area (Å²) in [6, 6.07) is 9.51. The fourth-order valence-electron chi connectivity index (χ4n) is 2.61. The van der Waals surface area contributed by atoms with E-state index in [9.17, 15) is 9.59 Å². The monoisotopic (exact) mass is 319 g/mol. The lowest BCUT2D eigenvalue weighted by molar-refractivity contribution is -0.144. The number of rotatable bonds is 4. The lowest BCUT2D eigenvalue weighted by Crippen LogP contribution is -2.46. The van der Waals surface area contributed by atoms with Gasteiger partial charge in [-0.1, -0.05) is 37.3 Å². The van der Waals surface area contributed by atoms with Crippen molar-refractivity contribution in [3.05, 3.63) is 35.9 Å². The van der Waals surface area contributed by atoms with E-state index < -0.39 is 11.7 Å². The van der Waals surface area contributed by atoms with Gasteiger partial charge in [-0.05, 0) is 39.2 Å². The van der Waals surface area contributed by atoms with Crippen LogP contribution in [0.3, 0.4) is 0 Å². The van der Waals surface area contributed by atoms with Crippen LogP contribution in [0.5, 0.6) is 0 Å². The Morgan fingerprint density at radius 2 is 2.00 bits per heavy atom. The predicted octanol–water partition coefficient (Wildman–Crippen LogP) is 3.07. The van der Waals surface area contributed by atoms with Gasteiger partial charge in [0.25, 0.3) is 0 Å².